The second kappa shape index (κ2) is 4.04. The molecule has 0 saturated heterocycles. The van der Waals surface area contributed by atoms with Crippen LogP contribution >= 0.6 is 0 Å². The van der Waals surface area contributed by atoms with E-state index in [-0.39, 0.29) is 11.8 Å². The molecule has 6 nitrogen and oxygen atoms in total. The Morgan fingerprint density at radius 2 is 2.53 bits per heavy atom. The number of aromatic nitrogens is 3. The van der Waals surface area contributed by atoms with Gasteiger partial charge in [-0.25, -0.2) is 4.98 Å². The number of aromatic amines is 1. The number of anilines is 1. The summed E-state index contributed by atoms with van der Waals surface area (Å²) in [4.78, 5) is 19.3. The van der Waals surface area contributed by atoms with Gasteiger partial charge in [0.2, 0.25) is 5.91 Å². The van der Waals surface area contributed by atoms with Gasteiger partial charge in [0.15, 0.2) is 5.82 Å². The Morgan fingerprint density at radius 1 is 1.59 bits per heavy atom. The molecule has 1 amide bonds. The Balaban J connectivity index is 1.68. The van der Waals surface area contributed by atoms with Gasteiger partial charge in [-0.2, -0.15) is 0 Å². The number of H-pyrrole nitrogens is 1. The van der Waals surface area contributed by atoms with Crippen LogP contribution in [0.2, 0.25) is 0 Å². The molecule has 1 aliphatic rings. The summed E-state index contributed by atoms with van der Waals surface area (Å²) in [6.07, 6.45) is 5.49. The van der Waals surface area contributed by atoms with Crippen molar-refractivity contribution in [1.29, 1.82) is 0 Å². The van der Waals surface area contributed by atoms with Crippen LogP contribution in [-0.4, -0.2) is 21.0 Å². The Morgan fingerprint density at radius 3 is 3.35 bits per heavy atom. The molecule has 2 heterocycles. The summed E-state index contributed by atoms with van der Waals surface area (Å²) >= 11 is 0. The fourth-order valence-corrected chi connectivity index (χ4v) is 2.13. The number of rotatable bonds is 2. The fourth-order valence-electron chi connectivity index (χ4n) is 2.13. The maximum Gasteiger partial charge on any atom is 0.229 e. The number of nitrogens with zero attached hydrogens (tertiary/aromatic N) is 2. The summed E-state index contributed by atoms with van der Waals surface area (Å²) in [6.45, 7) is 0. The quantitative estimate of drug-likeness (QED) is 0.813. The predicted molar refractivity (Wildman–Crippen MR) is 59.2 cm³/mol. The van der Waals surface area contributed by atoms with Gasteiger partial charge < -0.3 is 14.8 Å². The summed E-state index contributed by atoms with van der Waals surface area (Å²) in [6, 6.07) is 1.63. The molecule has 2 aromatic heterocycles. The van der Waals surface area contributed by atoms with Crippen LogP contribution in [0, 0.1) is 5.92 Å². The first-order valence-corrected chi connectivity index (χ1v) is 5.55. The molecule has 0 radical (unpaired) electrons. The highest BCUT2D eigenvalue weighted by Crippen LogP contribution is 2.23. The van der Waals surface area contributed by atoms with Crippen LogP contribution in [0.5, 0.6) is 0 Å². The first-order valence-electron chi connectivity index (χ1n) is 5.55. The van der Waals surface area contributed by atoms with Crippen LogP contribution < -0.4 is 5.32 Å². The van der Waals surface area contributed by atoms with Gasteiger partial charge in [0.05, 0.1) is 12.0 Å². The molecule has 1 aliphatic carbocycles. The number of hydrogen-bond donors (Lipinski definition) is 2. The van der Waals surface area contributed by atoms with E-state index in [9.17, 15) is 4.79 Å². The van der Waals surface area contributed by atoms with Crippen LogP contribution in [0.25, 0.3) is 0 Å². The van der Waals surface area contributed by atoms with Crippen molar-refractivity contribution in [1.82, 2.24) is 15.1 Å². The highest BCUT2D eigenvalue weighted by Gasteiger charge is 2.26. The largest absolute Gasteiger partial charge is 0.363 e. The van der Waals surface area contributed by atoms with Gasteiger partial charge in [0.1, 0.15) is 6.26 Å². The van der Waals surface area contributed by atoms with Crippen molar-refractivity contribution in [2.75, 3.05) is 5.32 Å². The van der Waals surface area contributed by atoms with E-state index >= 15 is 0 Å². The van der Waals surface area contributed by atoms with E-state index in [0.29, 0.717) is 12.2 Å². The number of carbonyl (C=O) groups excluding carboxylic acids is 1. The lowest BCUT2D eigenvalue weighted by Crippen LogP contribution is -2.28. The van der Waals surface area contributed by atoms with Gasteiger partial charge >= 0.3 is 0 Å². The number of amides is 1. The SMILES string of the molecule is O=C(Nc1ccon1)[C@H]1CCc2nc[nH]c2C1. The molecule has 0 unspecified atom stereocenters. The van der Waals surface area contributed by atoms with Crippen LogP contribution in [0.15, 0.2) is 23.2 Å². The maximum absolute atomic E-state index is 12.0. The van der Waals surface area contributed by atoms with Crippen LogP contribution in [0.4, 0.5) is 5.82 Å². The molecule has 0 aliphatic heterocycles. The van der Waals surface area contributed by atoms with E-state index in [1.807, 2.05) is 0 Å². The molecule has 17 heavy (non-hydrogen) atoms. The number of aryl methyl sites for hydroxylation is 1. The lowest BCUT2D eigenvalue weighted by atomic mass is 9.89. The van der Waals surface area contributed by atoms with Gasteiger partial charge in [-0.1, -0.05) is 5.16 Å². The zero-order valence-corrected chi connectivity index (χ0v) is 9.14. The maximum atomic E-state index is 12.0. The summed E-state index contributed by atoms with van der Waals surface area (Å²) in [5, 5.41) is 6.39. The van der Waals surface area contributed by atoms with E-state index in [4.69, 9.17) is 0 Å². The van der Waals surface area contributed by atoms with E-state index < -0.39 is 0 Å². The number of hydrogen-bond acceptors (Lipinski definition) is 4. The number of fused-ring (bicyclic) bond motifs is 1. The minimum atomic E-state index is -0.0281. The zero-order chi connectivity index (χ0) is 11.7. The van der Waals surface area contributed by atoms with E-state index in [1.54, 1.807) is 12.4 Å². The second-order valence-electron chi connectivity index (χ2n) is 4.14. The minimum Gasteiger partial charge on any atom is -0.363 e. The van der Waals surface area contributed by atoms with Gasteiger partial charge in [0.25, 0.3) is 0 Å². The van der Waals surface area contributed by atoms with Crippen molar-refractivity contribution in [3.05, 3.63) is 30.0 Å². The first kappa shape index (κ1) is 10.1. The summed E-state index contributed by atoms with van der Waals surface area (Å²) in [5.74, 6) is 0.421. The molecule has 0 aromatic carbocycles. The van der Waals surface area contributed by atoms with Crippen molar-refractivity contribution < 1.29 is 9.32 Å². The van der Waals surface area contributed by atoms with Crippen molar-refractivity contribution >= 4 is 11.7 Å². The van der Waals surface area contributed by atoms with E-state index in [0.717, 1.165) is 24.2 Å². The highest BCUT2D eigenvalue weighted by atomic mass is 16.5. The Bertz CT molecular complexity index is 517. The van der Waals surface area contributed by atoms with Crippen LogP contribution in [0.3, 0.4) is 0 Å². The molecular weight excluding hydrogens is 220 g/mol. The molecule has 88 valence electrons. The molecule has 0 fully saturated rings. The summed E-state index contributed by atoms with van der Waals surface area (Å²) in [5.41, 5.74) is 2.15. The Kier molecular flexibility index (Phi) is 2.40. The molecular formula is C11H12N4O2. The normalized spacial score (nSPS) is 18.7. The molecule has 0 saturated carbocycles. The topological polar surface area (TPSA) is 83.8 Å². The van der Waals surface area contributed by atoms with E-state index in [1.165, 1.54) is 6.26 Å². The molecule has 1 atom stereocenters. The van der Waals surface area contributed by atoms with Crippen LogP contribution in [0.1, 0.15) is 17.8 Å². The summed E-state index contributed by atoms with van der Waals surface area (Å²) in [7, 11) is 0. The van der Waals surface area contributed by atoms with Crippen molar-refractivity contribution in [2.24, 2.45) is 5.92 Å². The van der Waals surface area contributed by atoms with Crippen LogP contribution in [-0.2, 0) is 17.6 Å². The minimum absolute atomic E-state index is 0.0147. The first-order chi connectivity index (χ1) is 8.33. The van der Waals surface area contributed by atoms with Gasteiger partial charge in [0, 0.05) is 24.1 Å². The standard InChI is InChI=1S/C11H12N4O2/c16-11(14-10-3-4-17-15-10)7-1-2-8-9(5-7)13-6-12-8/h3-4,6-7H,1-2,5H2,(H,12,13)(H,14,15,16)/t7-/m0/s1. The lowest BCUT2D eigenvalue weighted by molar-refractivity contribution is -0.120. The number of carbonyl (C=O) groups is 1. The van der Waals surface area contributed by atoms with Gasteiger partial charge in [-0.05, 0) is 12.8 Å². The zero-order valence-electron chi connectivity index (χ0n) is 9.14. The van der Waals surface area contributed by atoms with Gasteiger partial charge in [-0.15, -0.1) is 0 Å². The molecule has 2 aromatic rings. The second-order valence-corrected chi connectivity index (χ2v) is 4.14. The highest BCUT2D eigenvalue weighted by molar-refractivity contribution is 5.91. The van der Waals surface area contributed by atoms with Crippen molar-refractivity contribution in [3.63, 3.8) is 0 Å². The average Bonchev–Trinajstić information content (AvgIpc) is 2.97. The fraction of sp³-hybridized carbons (Fsp3) is 0.364. The predicted octanol–water partition coefficient (Wildman–Crippen LogP) is 1.14. The molecule has 6 heteroatoms. The summed E-state index contributed by atoms with van der Waals surface area (Å²) < 4.78 is 4.67. The van der Waals surface area contributed by atoms with Gasteiger partial charge in [-0.3, -0.25) is 4.79 Å². The smallest absolute Gasteiger partial charge is 0.229 e. The third-order valence-electron chi connectivity index (χ3n) is 3.05. The number of nitrogens with one attached hydrogen (secondary N) is 2. The van der Waals surface area contributed by atoms with E-state index in [2.05, 4.69) is 25.0 Å². The van der Waals surface area contributed by atoms with Crippen molar-refractivity contribution in [3.8, 4) is 0 Å². The average molecular weight is 232 g/mol. The molecule has 3 rings (SSSR count). The third-order valence-corrected chi connectivity index (χ3v) is 3.05. The Hall–Kier alpha value is -2.11. The lowest BCUT2D eigenvalue weighted by Gasteiger charge is -2.19. The molecule has 2 N–H and O–H groups in total. The molecule has 0 spiro atoms. The third kappa shape index (κ3) is 1.93. The monoisotopic (exact) mass is 232 g/mol. The van der Waals surface area contributed by atoms with Crippen molar-refractivity contribution in [2.45, 2.75) is 19.3 Å². The molecule has 0 bridgehead atoms. The Labute approximate surface area is 97.4 Å². The number of imidazole rings is 1.